The lowest BCUT2D eigenvalue weighted by atomic mass is 9.99. The van der Waals surface area contributed by atoms with Gasteiger partial charge in [0.25, 0.3) is 10.0 Å². The molecule has 39 heavy (non-hydrogen) atoms. The largest absolute Gasteiger partial charge is 0.462 e. The molecule has 0 radical (unpaired) electrons. The summed E-state index contributed by atoms with van der Waals surface area (Å²) in [6, 6.07) is 22.5. The number of hydrogen-bond donors (Lipinski definition) is 3. The lowest BCUT2D eigenvalue weighted by Crippen LogP contribution is -2.42. The molecule has 0 bridgehead atoms. The second-order valence-electron chi connectivity index (χ2n) is 10.1. The van der Waals surface area contributed by atoms with Crippen molar-refractivity contribution in [1.29, 1.82) is 0 Å². The molecule has 1 unspecified atom stereocenters. The van der Waals surface area contributed by atoms with Gasteiger partial charge in [0, 0.05) is 41.4 Å². The van der Waals surface area contributed by atoms with Gasteiger partial charge in [0.15, 0.2) is 0 Å². The van der Waals surface area contributed by atoms with Gasteiger partial charge in [-0.2, -0.15) is 0 Å². The van der Waals surface area contributed by atoms with Crippen molar-refractivity contribution in [3.63, 3.8) is 0 Å². The molecule has 0 spiro atoms. The number of rotatable bonds is 12. The van der Waals surface area contributed by atoms with Crippen LogP contribution in [0.3, 0.4) is 0 Å². The number of fused-ring (bicyclic) bond motifs is 1. The molecule has 0 aliphatic carbocycles. The fraction of sp³-hybridized carbons (Fsp3) is 0.300. The standard InChI is InChI=1S/C30H35N3O5S/c1-4-38-29(35)24-13-14-27-22(19-24)15-17-33(27)18-16-30(2,3)31-21-28(34)23-9-8-10-25(20-23)32-39(36,37)26-11-6-5-7-12-26/h5-15,17,19-20,28,31-32,34H,4,16,18,21H2,1-3H3. The van der Waals surface area contributed by atoms with E-state index in [0.29, 0.717) is 30.0 Å². The van der Waals surface area contributed by atoms with Gasteiger partial charge in [-0.25, -0.2) is 13.2 Å². The van der Waals surface area contributed by atoms with Crippen LogP contribution in [0.1, 0.15) is 49.2 Å². The molecular weight excluding hydrogens is 514 g/mol. The summed E-state index contributed by atoms with van der Waals surface area (Å²) in [6.45, 7) is 7.33. The Bertz CT molecular complexity index is 1530. The molecule has 1 atom stereocenters. The number of aryl methyl sites for hydroxylation is 1. The number of nitrogens with zero attached hydrogens (tertiary/aromatic N) is 1. The van der Waals surface area contributed by atoms with E-state index in [9.17, 15) is 18.3 Å². The molecular formula is C30H35N3O5S. The third-order valence-corrected chi connectivity index (χ3v) is 8.01. The van der Waals surface area contributed by atoms with E-state index in [4.69, 9.17) is 4.74 Å². The van der Waals surface area contributed by atoms with E-state index >= 15 is 0 Å². The van der Waals surface area contributed by atoms with E-state index in [-0.39, 0.29) is 16.4 Å². The number of aliphatic hydroxyl groups is 1. The molecule has 3 aromatic carbocycles. The highest BCUT2D eigenvalue weighted by Gasteiger charge is 2.21. The molecule has 206 valence electrons. The molecule has 8 nitrogen and oxygen atoms in total. The molecule has 0 saturated carbocycles. The summed E-state index contributed by atoms with van der Waals surface area (Å²) in [5.41, 5.74) is 2.29. The van der Waals surface area contributed by atoms with Gasteiger partial charge in [-0.05, 0) is 81.3 Å². The van der Waals surface area contributed by atoms with E-state index in [1.54, 1.807) is 55.5 Å². The van der Waals surface area contributed by atoms with Crippen LogP contribution in [0.15, 0.2) is 90.0 Å². The van der Waals surface area contributed by atoms with Crippen molar-refractivity contribution in [2.24, 2.45) is 0 Å². The van der Waals surface area contributed by atoms with Crippen molar-refractivity contribution < 1.29 is 23.1 Å². The normalized spacial score (nSPS) is 12.8. The zero-order valence-electron chi connectivity index (χ0n) is 22.4. The van der Waals surface area contributed by atoms with Crippen LogP contribution in [0.25, 0.3) is 10.9 Å². The first-order chi connectivity index (χ1) is 18.6. The minimum absolute atomic E-state index is 0.175. The van der Waals surface area contributed by atoms with Crippen molar-refractivity contribution >= 4 is 32.6 Å². The average molecular weight is 550 g/mol. The molecule has 0 amide bonds. The maximum Gasteiger partial charge on any atom is 0.338 e. The SMILES string of the molecule is CCOC(=O)c1ccc2c(ccn2CCC(C)(C)NCC(O)c2cccc(NS(=O)(=O)c3ccccc3)c2)c1. The first-order valence-corrected chi connectivity index (χ1v) is 14.4. The molecule has 1 aromatic heterocycles. The minimum Gasteiger partial charge on any atom is -0.462 e. The Hall–Kier alpha value is -3.66. The zero-order chi connectivity index (χ0) is 28.0. The maximum atomic E-state index is 12.7. The molecule has 4 rings (SSSR count). The number of benzene rings is 3. The van der Waals surface area contributed by atoms with E-state index in [1.165, 1.54) is 12.1 Å². The number of ether oxygens (including phenoxy) is 1. The highest BCUT2D eigenvalue weighted by atomic mass is 32.2. The first-order valence-electron chi connectivity index (χ1n) is 12.9. The Kier molecular flexibility index (Phi) is 8.74. The van der Waals surface area contributed by atoms with Gasteiger partial charge in [0.1, 0.15) is 0 Å². The number of carbonyl (C=O) groups is 1. The van der Waals surface area contributed by atoms with E-state index in [0.717, 1.165) is 23.9 Å². The number of aliphatic hydroxyl groups excluding tert-OH is 1. The first kappa shape index (κ1) is 28.4. The molecule has 0 saturated heterocycles. The summed E-state index contributed by atoms with van der Waals surface area (Å²) in [7, 11) is -3.72. The van der Waals surface area contributed by atoms with Crippen LogP contribution in [0.4, 0.5) is 5.69 Å². The maximum absolute atomic E-state index is 12.7. The van der Waals surface area contributed by atoms with Gasteiger partial charge in [-0.1, -0.05) is 30.3 Å². The van der Waals surface area contributed by atoms with Crippen LogP contribution in [0, 0.1) is 0 Å². The second kappa shape index (κ2) is 12.0. The lowest BCUT2D eigenvalue weighted by molar-refractivity contribution is 0.0526. The van der Waals surface area contributed by atoms with Crippen molar-refractivity contribution in [3.8, 4) is 0 Å². The Labute approximate surface area is 229 Å². The summed E-state index contributed by atoms with van der Waals surface area (Å²) in [6.07, 6.45) is 1.98. The number of carbonyl (C=O) groups excluding carboxylic acids is 1. The molecule has 9 heteroatoms. The fourth-order valence-electron chi connectivity index (χ4n) is 4.34. The van der Waals surface area contributed by atoms with Gasteiger partial charge in [0.2, 0.25) is 0 Å². The monoisotopic (exact) mass is 549 g/mol. The van der Waals surface area contributed by atoms with Crippen molar-refractivity contribution in [2.75, 3.05) is 17.9 Å². The lowest BCUT2D eigenvalue weighted by Gasteiger charge is -2.28. The number of nitrogens with one attached hydrogen (secondary N) is 2. The van der Waals surface area contributed by atoms with Crippen molar-refractivity contribution in [2.45, 2.75) is 50.3 Å². The molecule has 3 N–H and O–H groups in total. The van der Waals surface area contributed by atoms with Crippen molar-refractivity contribution in [3.05, 3.63) is 96.2 Å². The Morgan fingerprint density at radius 3 is 2.54 bits per heavy atom. The van der Waals surface area contributed by atoms with Crippen LogP contribution in [-0.4, -0.2) is 42.8 Å². The number of anilines is 1. The Morgan fingerprint density at radius 2 is 1.79 bits per heavy atom. The quantitative estimate of drug-likeness (QED) is 0.212. The predicted molar refractivity (Wildman–Crippen MR) is 153 cm³/mol. The van der Waals surface area contributed by atoms with Gasteiger partial charge >= 0.3 is 5.97 Å². The molecule has 4 aromatic rings. The van der Waals surface area contributed by atoms with E-state index in [2.05, 4.69) is 28.5 Å². The number of hydrogen-bond acceptors (Lipinski definition) is 6. The zero-order valence-corrected chi connectivity index (χ0v) is 23.2. The third-order valence-electron chi connectivity index (χ3n) is 6.61. The van der Waals surface area contributed by atoms with Crippen LogP contribution in [0.2, 0.25) is 0 Å². The molecule has 0 aliphatic heterocycles. The minimum atomic E-state index is -3.72. The summed E-state index contributed by atoms with van der Waals surface area (Å²) >= 11 is 0. The number of sulfonamides is 1. The van der Waals surface area contributed by atoms with Crippen LogP contribution >= 0.6 is 0 Å². The fourth-order valence-corrected chi connectivity index (χ4v) is 5.41. The van der Waals surface area contributed by atoms with Crippen LogP contribution in [-0.2, 0) is 21.3 Å². The summed E-state index contributed by atoms with van der Waals surface area (Å²) in [4.78, 5) is 12.2. The Morgan fingerprint density at radius 1 is 1.03 bits per heavy atom. The summed E-state index contributed by atoms with van der Waals surface area (Å²) < 4.78 is 35.1. The van der Waals surface area contributed by atoms with Gasteiger partial charge in [-0.3, -0.25) is 4.72 Å². The number of esters is 1. The van der Waals surface area contributed by atoms with E-state index < -0.39 is 16.1 Å². The van der Waals surface area contributed by atoms with Crippen LogP contribution < -0.4 is 10.0 Å². The smallest absolute Gasteiger partial charge is 0.338 e. The van der Waals surface area contributed by atoms with Crippen LogP contribution in [0.5, 0.6) is 0 Å². The van der Waals surface area contributed by atoms with Gasteiger partial charge < -0.3 is 19.7 Å². The third kappa shape index (κ3) is 7.26. The number of β-amino-alcohol motifs (C(OH)–C–C–N with tert-alkyl or cyclic N) is 1. The molecule has 1 heterocycles. The highest BCUT2D eigenvalue weighted by Crippen LogP contribution is 2.23. The highest BCUT2D eigenvalue weighted by molar-refractivity contribution is 7.92. The Balaban J connectivity index is 1.34. The van der Waals surface area contributed by atoms with Gasteiger partial charge in [0.05, 0.1) is 23.2 Å². The molecule has 0 fully saturated rings. The summed E-state index contributed by atoms with van der Waals surface area (Å²) in [5.74, 6) is -0.324. The van der Waals surface area contributed by atoms with Crippen molar-refractivity contribution in [1.82, 2.24) is 9.88 Å². The number of aromatic nitrogens is 1. The van der Waals surface area contributed by atoms with Gasteiger partial charge in [-0.15, -0.1) is 0 Å². The summed E-state index contributed by atoms with van der Waals surface area (Å²) in [5, 5.41) is 15.3. The van der Waals surface area contributed by atoms with E-state index in [1.807, 2.05) is 24.4 Å². The average Bonchev–Trinajstić information content (AvgIpc) is 3.33. The topological polar surface area (TPSA) is 110 Å². The second-order valence-corrected chi connectivity index (χ2v) is 11.8. The molecule has 0 aliphatic rings. The predicted octanol–water partition coefficient (Wildman–Crippen LogP) is 5.11.